The fourth-order valence-corrected chi connectivity index (χ4v) is 10.7. The first-order valence-corrected chi connectivity index (χ1v) is 34.2. The molecule has 0 spiro atoms. The molecule has 2 N–H and O–H groups in total. The van der Waals surface area contributed by atoms with Gasteiger partial charge in [0.15, 0.2) is 0 Å². The van der Waals surface area contributed by atoms with E-state index in [2.05, 4.69) is 182 Å². The van der Waals surface area contributed by atoms with E-state index in [4.69, 9.17) is 19.0 Å². The van der Waals surface area contributed by atoms with Crippen molar-refractivity contribution in [2.75, 3.05) is 14.2 Å². The van der Waals surface area contributed by atoms with Gasteiger partial charge in [-0.2, -0.15) is 0 Å². The maximum atomic E-state index is 7.00. The third-order valence-corrected chi connectivity index (χ3v) is 16.9. The van der Waals surface area contributed by atoms with Crippen LogP contribution >= 0.6 is 0 Å². The Bertz CT molecular complexity index is 4660. The van der Waals surface area contributed by atoms with Crippen molar-refractivity contribution in [3.05, 3.63) is 349 Å². The third-order valence-electron chi connectivity index (χ3n) is 16.9. The largest absolute Gasteiger partial charge is 3.00 e. The van der Waals surface area contributed by atoms with Gasteiger partial charge in [-0.3, -0.25) is 4.98 Å². The second kappa shape index (κ2) is 42.2. The number of pyridine rings is 6. The Kier molecular flexibility index (Phi) is 32.8. The summed E-state index contributed by atoms with van der Waals surface area (Å²) < 4.78 is 12.1. The van der Waals surface area contributed by atoms with E-state index in [-0.39, 0.29) is 40.2 Å². The minimum Gasteiger partial charge on any atom is -0.501 e. The number of aliphatic hydroxyl groups is 2. The average Bonchev–Trinajstić information content (AvgIpc) is 1.63. The fourth-order valence-electron chi connectivity index (χ4n) is 10.7. The molecule has 12 heteroatoms. The van der Waals surface area contributed by atoms with Crippen LogP contribution in [0.5, 0.6) is 0 Å². The van der Waals surface area contributed by atoms with Crippen LogP contribution in [-0.2, 0) is 65.9 Å². The topological polar surface area (TPSA) is 144 Å². The number of rotatable bonds is 10. The normalized spacial score (nSPS) is 10.1. The van der Waals surface area contributed by atoms with E-state index >= 15 is 0 Å². The maximum absolute atomic E-state index is 7.00. The van der Waals surface area contributed by atoms with Crippen molar-refractivity contribution in [1.82, 2.24) is 29.9 Å². The maximum Gasteiger partial charge on any atom is 3.00 e. The minimum atomic E-state index is 0. The number of aryl methyl sites for hydroxylation is 8. The number of aromatic nitrogens is 6. The summed E-state index contributed by atoms with van der Waals surface area (Å²) >= 11 is 0. The van der Waals surface area contributed by atoms with Gasteiger partial charge in [0, 0.05) is 73.1 Å². The number of para-hydroxylation sites is 3. The zero-order chi connectivity index (χ0) is 72.0. The van der Waals surface area contributed by atoms with Gasteiger partial charge in [-0.1, -0.05) is 147 Å². The molecule has 16 rings (SSSR count). The van der Waals surface area contributed by atoms with Crippen molar-refractivity contribution in [2.24, 2.45) is 0 Å². The van der Waals surface area contributed by atoms with Gasteiger partial charge in [-0.05, 0) is 145 Å². The van der Waals surface area contributed by atoms with E-state index in [0.29, 0.717) is 0 Å². The summed E-state index contributed by atoms with van der Waals surface area (Å²) in [6.45, 7) is 16.9. The van der Waals surface area contributed by atoms with Crippen LogP contribution in [0, 0.1) is 58.0 Å². The van der Waals surface area contributed by atoms with Gasteiger partial charge >= 0.3 is 40.2 Å². The van der Waals surface area contributed by atoms with E-state index in [0.717, 1.165) is 151 Å². The van der Waals surface area contributed by atoms with Crippen molar-refractivity contribution in [2.45, 2.75) is 81.1 Å². The van der Waals surface area contributed by atoms with Crippen molar-refractivity contribution in [1.29, 1.82) is 0 Å². The molecule has 0 saturated carbocycles. The monoisotopic (exact) mass is 1720 g/mol. The summed E-state index contributed by atoms with van der Waals surface area (Å²) in [5, 5.41) is 18.5. The Balaban J connectivity index is 0.000000174. The predicted molar refractivity (Wildman–Crippen MR) is 420 cm³/mol. The molecule has 8 heterocycles. The van der Waals surface area contributed by atoms with Crippen LogP contribution in [0.4, 0.5) is 0 Å². The van der Waals surface area contributed by atoms with Crippen LogP contribution in [-0.4, -0.2) is 54.3 Å². The van der Waals surface area contributed by atoms with Gasteiger partial charge in [0.2, 0.25) is 0 Å². The number of benzene rings is 8. The van der Waals surface area contributed by atoms with Crippen molar-refractivity contribution in [3.8, 4) is 67.5 Å². The quantitative estimate of drug-likeness (QED) is 0.127. The molecule has 104 heavy (non-hydrogen) atoms. The third kappa shape index (κ3) is 21.8. The number of nitrogens with zero attached hydrogens (tertiary/aromatic N) is 6. The van der Waals surface area contributed by atoms with Gasteiger partial charge in [0.05, 0.1) is 11.3 Å². The molecule has 0 saturated heterocycles. The molecule has 8 aromatic carbocycles. The summed E-state index contributed by atoms with van der Waals surface area (Å²) in [5.41, 5.74) is 25.5. The molecule has 0 bridgehead atoms. The van der Waals surface area contributed by atoms with Gasteiger partial charge in [-0.15, -0.1) is 162 Å². The van der Waals surface area contributed by atoms with Crippen molar-refractivity contribution >= 4 is 43.9 Å². The molecule has 0 radical (unpaired) electrons. The van der Waals surface area contributed by atoms with E-state index < -0.39 is 0 Å². The zero-order valence-electron chi connectivity index (χ0n) is 60.4. The molecule has 8 aromatic heterocycles. The summed E-state index contributed by atoms with van der Waals surface area (Å²) in [6.07, 6.45) is 15.7. The van der Waals surface area contributed by atoms with Gasteiger partial charge < -0.3 is 44.0 Å². The number of aliphatic hydroxyl groups excluding tert-OH is 2. The molecule has 0 aliphatic heterocycles. The number of furan rings is 2. The molecule has 524 valence electrons. The van der Waals surface area contributed by atoms with Crippen molar-refractivity contribution < 1.29 is 59.3 Å². The Morgan fingerprint density at radius 2 is 0.615 bits per heavy atom. The number of hydrogen-bond acceptors (Lipinski definition) is 10. The Morgan fingerprint density at radius 1 is 0.288 bits per heavy atom. The van der Waals surface area contributed by atoms with Gasteiger partial charge in [0.1, 0.15) is 16.7 Å². The van der Waals surface area contributed by atoms with Gasteiger partial charge in [-0.25, -0.2) is 0 Å². The second-order valence-electron chi connectivity index (χ2n) is 23.5. The Hall–Kier alpha value is -10.5. The molecule has 0 amide bonds. The molecule has 0 fully saturated rings. The van der Waals surface area contributed by atoms with E-state index in [9.17, 15) is 0 Å². The molecule has 0 aliphatic carbocycles. The first-order chi connectivity index (χ1) is 50.1. The van der Waals surface area contributed by atoms with Gasteiger partial charge in [0.25, 0.3) is 0 Å². The minimum absolute atomic E-state index is 0. The van der Waals surface area contributed by atoms with Crippen molar-refractivity contribution in [3.63, 3.8) is 0 Å². The Morgan fingerprint density at radius 3 is 0.962 bits per heavy atom. The van der Waals surface area contributed by atoms with E-state index in [1.165, 1.54) is 44.5 Å². The van der Waals surface area contributed by atoms with Crippen LogP contribution in [0.3, 0.4) is 0 Å². The van der Waals surface area contributed by atoms with Crippen LogP contribution < -0.4 is 0 Å². The first-order valence-electron chi connectivity index (χ1n) is 34.2. The number of hydrogen-bond donors (Lipinski definition) is 2. The average molecular weight is 1720 g/mol. The van der Waals surface area contributed by atoms with E-state index in [1.54, 1.807) is 0 Å². The van der Waals surface area contributed by atoms with Crippen LogP contribution in [0.2, 0.25) is 0 Å². The van der Waals surface area contributed by atoms with Crippen LogP contribution in [0.15, 0.2) is 283 Å². The molecular formula is C92H85Ir2N6O4+. The molecule has 0 atom stereocenters. The molecule has 10 nitrogen and oxygen atoms in total. The molecule has 16 aromatic rings. The SMILES string of the molecule is CCc1ccc(-c2[c-]cccc2)nc1.CCc1ccc(-c2[c-]cccc2)nc1.CCc1ccc(-c2[c-]cccc2)nc1.CCc1ccc(-c2[c-]cccc2)nc1.CO.CO.Cc1cnc(-c2[c-]ccc3c2oc2ccccc23)cc1C.Cc1cnc(-c2cccc3c2oc2ccccc23)cc1C.[Ir+3].[Ir+3]. The summed E-state index contributed by atoms with van der Waals surface area (Å²) in [7, 11) is 2.00. The Labute approximate surface area is 639 Å². The molecular weight excluding hydrogens is 1640 g/mol. The fraction of sp³-hybridized carbons (Fsp3) is 0.152. The standard InChI is InChI=1S/C19H15NO.C19H14NO.4C13H12N.2CH4O.2Ir/c2*1-12-10-17(20-11-13(12)2)16-8-5-7-15-14-6-3-4-9-18(14)21-19(15)16;4*1-2-11-8-9-13(14-10-11)12-6-4-3-5-7-12;2*1-2;;/h3-11H,1-2H3;3-7,9-11H,1-2H3;4*3-6,8-10H,2H2,1H3;2*2H,1H3;;/q;5*-1;;;2*+3. The van der Waals surface area contributed by atoms with E-state index in [1.807, 2.05) is 207 Å². The van der Waals surface area contributed by atoms with Crippen LogP contribution in [0.1, 0.15) is 72.2 Å². The molecule has 0 aliphatic rings. The first kappa shape index (κ1) is 80.8. The van der Waals surface area contributed by atoms with Crippen LogP contribution in [0.25, 0.3) is 111 Å². The number of fused-ring (bicyclic) bond motifs is 6. The zero-order valence-corrected chi connectivity index (χ0v) is 65.2. The predicted octanol–water partition coefficient (Wildman–Crippen LogP) is 22.0. The summed E-state index contributed by atoms with van der Waals surface area (Å²) in [6, 6.07) is 94.8. The molecule has 0 unspecified atom stereocenters. The smallest absolute Gasteiger partial charge is 0.501 e. The summed E-state index contributed by atoms with van der Waals surface area (Å²) in [4.78, 5) is 26.7. The second-order valence-corrected chi connectivity index (χ2v) is 23.5. The summed E-state index contributed by atoms with van der Waals surface area (Å²) in [5.74, 6) is 0.